The van der Waals surface area contributed by atoms with Crippen LogP contribution in [0.1, 0.15) is 28.9 Å². The maximum atomic E-state index is 13.7. The standard InChI is InChI=1S/C18H19FN4O4/c1-11(13-9-12(19)3-4-15(13)26-8-6-20-2)27-16-5-7-23-17(22-16)14(10-21-23)18(24)25/h3-5,7,9-11,20H,6,8H2,1-2H3,(H,24,25)/t11-/m1/s1. The molecule has 2 heterocycles. The van der Waals surface area contributed by atoms with E-state index in [-0.39, 0.29) is 17.1 Å². The Morgan fingerprint density at radius 1 is 1.41 bits per heavy atom. The number of aromatic carboxylic acids is 1. The molecule has 1 aromatic carbocycles. The molecule has 0 saturated carbocycles. The van der Waals surface area contributed by atoms with E-state index in [1.807, 2.05) is 7.05 Å². The molecule has 0 aliphatic rings. The second-order valence-electron chi connectivity index (χ2n) is 5.79. The molecule has 0 fully saturated rings. The van der Waals surface area contributed by atoms with Gasteiger partial charge in [0.15, 0.2) is 5.65 Å². The number of nitrogens with one attached hydrogen (secondary N) is 1. The van der Waals surface area contributed by atoms with Crippen LogP contribution in [-0.4, -0.2) is 45.9 Å². The Balaban J connectivity index is 1.85. The van der Waals surface area contributed by atoms with Gasteiger partial charge in [-0.3, -0.25) is 0 Å². The van der Waals surface area contributed by atoms with Gasteiger partial charge >= 0.3 is 5.97 Å². The van der Waals surface area contributed by atoms with Crippen LogP contribution in [0.2, 0.25) is 0 Å². The molecule has 9 heteroatoms. The summed E-state index contributed by atoms with van der Waals surface area (Å²) in [6, 6.07) is 5.78. The average molecular weight is 374 g/mol. The van der Waals surface area contributed by atoms with E-state index in [1.165, 1.54) is 22.8 Å². The first kappa shape index (κ1) is 18.6. The first-order valence-corrected chi connectivity index (χ1v) is 8.30. The van der Waals surface area contributed by atoms with E-state index >= 15 is 0 Å². The number of halogens is 1. The molecule has 27 heavy (non-hydrogen) atoms. The highest BCUT2D eigenvalue weighted by Crippen LogP contribution is 2.29. The lowest BCUT2D eigenvalue weighted by Crippen LogP contribution is -2.17. The fraction of sp³-hybridized carbons (Fsp3) is 0.278. The number of carboxylic acid groups (broad SMARTS) is 1. The van der Waals surface area contributed by atoms with Crippen molar-refractivity contribution in [1.82, 2.24) is 19.9 Å². The molecule has 0 aliphatic heterocycles. The summed E-state index contributed by atoms with van der Waals surface area (Å²) < 4.78 is 26.6. The van der Waals surface area contributed by atoms with Gasteiger partial charge in [0.2, 0.25) is 5.88 Å². The van der Waals surface area contributed by atoms with Gasteiger partial charge < -0.3 is 19.9 Å². The summed E-state index contributed by atoms with van der Waals surface area (Å²) in [7, 11) is 1.81. The normalized spacial score (nSPS) is 12.1. The molecule has 8 nitrogen and oxygen atoms in total. The van der Waals surface area contributed by atoms with Crippen molar-refractivity contribution in [3.05, 3.63) is 53.6 Å². The molecule has 3 aromatic rings. The van der Waals surface area contributed by atoms with Crippen molar-refractivity contribution in [2.75, 3.05) is 20.2 Å². The maximum absolute atomic E-state index is 13.7. The van der Waals surface area contributed by atoms with Crippen molar-refractivity contribution in [3.63, 3.8) is 0 Å². The molecule has 0 aliphatic carbocycles. The number of likely N-dealkylation sites (N-methyl/N-ethyl adjacent to an activating group) is 1. The van der Waals surface area contributed by atoms with Gasteiger partial charge in [-0.2, -0.15) is 10.1 Å². The van der Waals surface area contributed by atoms with Crippen LogP contribution in [0.25, 0.3) is 5.65 Å². The summed E-state index contributed by atoms with van der Waals surface area (Å²) in [6.45, 7) is 2.80. The van der Waals surface area contributed by atoms with Crippen LogP contribution < -0.4 is 14.8 Å². The number of carboxylic acids is 1. The first-order chi connectivity index (χ1) is 13.0. The van der Waals surface area contributed by atoms with E-state index in [4.69, 9.17) is 9.47 Å². The summed E-state index contributed by atoms with van der Waals surface area (Å²) >= 11 is 0. The summed E-state index contributed by atoms with van der Waals surface area (Å²) in [6.07, 6.45) is 2.20. The van der Waals surface area contributed by atoms with Crippen LogP contribution in [-0.2, 0) is 0 Å². The van der Waals surface area contributed by atoms with Gasteiger partial charge in [-0.25, -0.2) is 13.7 Å². The second-order valence-corrected chi connectivity index (χ2v) is 5.79. The Morgan fingerprint density at radius 2 is 2.22 bits per heavy atom. The Hall–Kier alpha value is -3.20. The molecule has 2 aromatic heterocycles. The van der Waals surface area contributed by atoms with Gasteiger partial charge in [-0.05, 0) is 32.2 Å². The topological polar surface area (TPSA) is 98.0 Å². The molecule has 142 valence electrons. The third kappa shape index (κ3) is 4.14. The number of hydrogen-bond donors (Lipinski definition) is 2. The Bertz CT molecular complexity index is 960. The second kappa shape index (κ2) is 8.00. The number of carbonyl (C=O) groups is 1. The smallest absolute Gasteiger partial charge is 0.341 e. The summed E-state index contributed by atoms with van der Waals surface area (Å²) in [4.78, 5) is 15.4. The molecule has 0 radical (unpaired) electrons. The number of nitrogens with zero attached hydrogens (tertiary/aromatic N) is 3. The minimum Gasteiger partial charge on any atom is -0.492 e. The molecule has 0 amide bonds. The number of benzene rings is 1. The molecule has 0 spiro atoms. The molecule has 1 atom stereocenters. The zero-order chi connectivity index (χ0) is 19.4. The van der Waals surface area contributed by atoms with Crippen molar-refractivity contribution >= 4 is 11.6 Å². The average Bonchev–Trinajstić information content (AvgIpc) is 3.06. The van der Waals surface area contributed by atoms with Crippen molar-refractivity contribution in [2.45, 2.75) is 13.0 Å². The molecule has 0 unspecified atom stereocenters. The summed E-state index contributed by atoms with van der Waals surface area (Å²) in [5.74, 6) is -0.832. The van der Waals surface area contributed by atoms with Crippen LogP contribution in [0.5, 0.6) is 11.6 Å². The molecular weight excluding hydrogens is 355 g/mol. The number of hydrogen-bond acceptors (Lipinski definition) is 6. The van der Waals surface area contributed by atoms with E-state index < -0.39 is 17.9 Å². The largest absolute Gasteiger partial charge is 0.492 e. The van der Waals surface area contributed by atoms with Crippen molar-refractivity contribution in [3.8, 4) is 11.6 Å². The van der Waals surface area contributed by atoms with Crippen LogP contribution in [0.15, 0.2) is 36.7 Å². The Morgan fingerprint density at radius 3 is 2.96 bits per heavy atom. The number of aromatic nitrogens is 3. The molecular formula is C18H19FN4O4. The van der Waals surface area contributed by atoms with Gasteiger partial charge in [0.25, 0.3) is 0 Å². The highest BCUT2D eigenvalue weighted by atomic mass is 19.1. The van der Waals surface area contributed by atoms with E-state index in [9.17, 15) is 14.3 Å². The zero-order valence-electron chi connectivity index (χ0n) is 14.8. The number of ether oxygens (including phenoxy) is 2. The van der Waals surface area contributed by atoms with E-state index in [1.54, 1.807) is 25.3 Å². The van der Waals surface area contributed by atoms with Gasteiger partial charge in [-0.15, -0.1) is 0 Å². The van der Waals surface area contributed by atoms with Crippen LogP contribution >= 0.6 is 0 Å². The summed E-state index contributed by atoms with van der Waals surface area (Å²) in [5, 5.41) is 16.1. The fourth-order valence-corrected chi connectivity index (χ4v) is 2.54. The summed E-state index contributed by atoms with van der Waals surface area (Å²) in [5.41, 5.74) is 0.659. The maximum Gasteiger partial charge on any atom is 0.341 e. The number of fused-ring (bicyclic) bond motifs is 1. The fourth-order valence-electron chi connectivity index (χ4n) is 2.54. The van der Waals surface area contributed by atoms with Gasteiger partial charge in [0.1, 0.15) is 29.8 Å². The third-order valence-corrected chi connectivity index (χ3v) is 3.89. The quantitative estimate of drug-likeness (QED) is 0.584. The predicted molar refractivity (Wildman–Crippen MR) is 94.8 cm³/mol. The zero-order valence-corrected chi connectivity index (χ0v) is 14.8. The third-order valence-electron chi connectivity index (χ3n) is 3.89. The lowest BCUT2D eigenvalue weighted by molar-refractivity contribution is 0.0698. The predicted octanol–water partition coefficient (Wildman–Crippen LogP) is 2.30. The Kier molecular flexibility index (Phi) is 5.51. The lowest BCUT2D eigenvalue weighted by atomic mass is 10.1. The molecule has 0 saturated heterocycles. The Labute approximate surface area is 154 Å². The molecule has 2 N–H and O–H groups in total. The minimum atomic E-state index is -1.13. The van der Waals surface area contributed by atoms with E-state index in [0.717, 1.165) is 0 Å². The van der Waals surface area contributed by atoms with Gasteiger partial charge in [0.05, 0.1) is 6.20 Å². The molecule has 3 rings (SSSR count). The molecule has 0 bridgehead atoms. The SMILES string of the molecule is CNCCOc1ccc(F)cc1[C@@H](C)Oc1ccn2ncc(C(=O)O)c2n1. The van der Waals surface area contributed by atoms with Gasteiger partial charge in [-0.1, -0.05) is 0 Å². The van der Waals surface area contributed by atoms with Crippen LogP contribution in [0.4, 0.5) is 4.39 Å². The lowest BCUT2D eigenvalue weighted by Gasteiger charge is -2.18. The highest BCUT2D eigenvalue weighted by molar-refractivity contribution is 5.94. The van der Waals surface area contributed by atoms with Gasteiger partial charge in [0, 0.05) is 24.4 Å². The van der Waals surface area contributed by atoms with Crippen molar-refractivity contribution in [1.29, 1.82) is 0 Å². The van der Waals surface area contributed by atoms with Crippen molar-refractivity contribution in [2.24, 2.45) is 0 Å². The van der Waals surface area contributed by atoms with Crippen molar-refractivity contribution < 1.29 is 23.8 Å². The van der Waals surface area contributed by atoms with Crippen LogP contribution in [0.3, 0.4) is 0 Å². The monoisotopic (exact) mass is 374 g/mol. The first-order valence-electron chi connectivity index (χ1n) is 8.30. The van der Waals surface area contributed by atoms with E-state index in [2.05, 4.69) is 15.4 Å². The van der Waals surface area contributed by atoms with E-state index in [0.29, 0.717) is 24.5 Å². The van der Waals surface area contributed by atoms with Crippen LogP contribution in [0, 0.1) is 5.82 Å². The highest BCUT2D eigenvalue weighted by Gasteiger charge is 2.18. The number of rotatable bonds is 8. The minimum absolute atomic E-state index is 0.0325.